The van der Waals surface area contributed by atoms with Crippen LogP contribution in [0.15, 0.2) is 35.9 Å². The van der Waals surface area contributed by atoms with Gasteiger partial charge in [0.2, 0.25) is 0 Å². The number of pyridine rings is 1. The van der Waals surface area contributed by atoms with Gasteiger partial charge in [-0.1, -0.05) is 5.16 Å². The van der Waals surface area contributed by atoms with Gasteiger partial charge in [-0.2, -0.15) is 5.10 Å². The molecule has 2 aromatic rings. The van der Waals surface area contributed by atoms with E-state index < -0.39 is 0 Å². The molecule has 3 N–H and O–H groups in total. The molecule has 0 amide bonds. The number of ether oxygens (including phenoxy) is 1. The quantitative estimate of drug-likeness (QED) is 0.359. The first kappa shape index (κ1) is 11.9. The van der Waals surface area contributed by atoms with Gasteiger partial charge in [0, 0.05) is 11.8 Å². The van der Waals surface area contributed by atoms with E-state index in [1.54, 1.807) is 29.2 Å². The molecule has 18 heavy (non-hydrogen) atoms. The van der Waals surface area contributed by atoms with Crippen molar-refractivity contribution in [2.24, 2.45) is 10.9 Å². The van der Waals surface area contributed by atoms with Crippen molar-refractivity contribution in [3.8, 4) is 11.6 Å². The van der Waals surface area contributed by atoms with Gasteiger partial charge in [0.05, 0.1) is 19.0 Å². The standard InChI is InChI=1S/C11H13N5O2/c1-2-18-9-6-14-16(7-9)10-4-3-8(5-13-10)11(12)15-17/h3-7,17H,2H2,1H3,(H2,12,15). The fourth-order valence-electron chi connectivity index (χ4n) is 1.40. The van der Waals surface area contributed by atoms with E-state index in [0.717, 1.165) is 0 Å². The lowest BCUT2D eigenvalue weighted by Crippen LogP contribution is -2.13. The zero-order chi connectivity index (χ0) is 13.0. The zero-order valence-corrected chi connectivity index (χ0v) is 9.82. The first-order valence-electron chi connectivity index (χ1n) is 5.36. The van der Waals surface area contributed by atoms with Crippen molar-refractivity contribution in [2.45, 2.75) is 6.92 Å². The van der Waals surface area contributed by atoms with Crippen molar-refractivity contribution in [3.05, 3.63) is 36.3 Å². The number of nitrogens with two attached hydrogens (primary N) is 1. The molecule has 0 fully saturated rings. The molecule has 0 unspecified atom stereocenters. The number of nitrogens with zero attached hydrogens (tertiary/aromatic N) is 4. The minimum atomic E-state index is 0.0181. The van der Waals surface area contributed by atoms with E-state index in [0.29, 0.717) is 23.7 Å². The third-order valence-corrected chi connectivity index (χ3v) is 2.26. The van der Waals surface area contributed by atoms with Gasteiger partial charge in [-0.25, -0.2) is 9.67 Å². The van der Waals surface area contributed by atoms with Crippen molar-refractivity contribution in [1.29, 1.82) is 0 Å². The van der Waals surface area contributed by atoms with Crippen molar-refractivity contribution in [1.82, 2.24) is 14.8 Å². The normalized spacial score (nSPS) is 11.5. The summed E-state index contributed by atoms with van der Waals surface area (Å²) in [6.45, 7) is 2.49. The first-order valence-corrected chi connectivity index (χ1v) is 5.36. The molecule has 7 nitrogen and oxygen atoms in total. The topological polar surface area (TPSA) is 98.6 Å². The number of oxime groups is 1. The van der Waals surface area contributed by atoms with E-state index in [9.17, 15) is 0 Å². The monoisotopic (exact) mass is 247 g/mol. The highest BCUT2D eigenvalue weighted by Crippen LogP contribution is 2.12. The van der Waals surface area contributed by atoms with Crippen molar-refractivity contribution < 1.29 is 9.94 Å². The van der Waals surface area contributed by atoms with Crippen LogP contribution in [0.1, 0.15) is 12.5 Å². The number of hydrogen-bond acceptors (Lipinski definition) is 5. The van der Waals surface area contributed by atoms with Crippen LogP contribution in [0, 0.1) is 0 Å². The number of amidine groups is 1. The van der Waals surface area contributed by atoms with Gasteiger partial charge in [0.25, 0.3) is 0 Å². The summed E-state index contributed by atoms with van der Waals surface area (Å²) >= 11 is 0. The average molecular weight is 247 g/mol. The molecule has 0 saturated carbocycles. The van der Waals surface area contributed by atoms with Crippen LogP contribution in [0.2, 0.25) is 0 Å². The molecule has 0 aliphatic rings. The Morgan fingerprint density at radius 3 is 2.94 bits per heavy atom. The molecular weight excluding hydrogens is 234 g/mol. The Kier molecular flexibility index (Phi) is 3.42. The summed E-state index contributed by atoms with van der Waals surface area (Å²) < 4.78 is 6.89. The van der Waals surface area contributed by atoms with Crippen LogP contribution in [0.3, 0.4) is 0 Å². The summed E-state index contributed by atoms with van der Waals surface area (Å²) in [5.41, 5.74) is 5.98. The highest BCUT2D eigenvalue weighted by molar-refractivity contribution is 5.96. The Hall–Kier alpha value is -2.57. The molecular formula is C11H13N5O2. The third-order valence-electron chi connectivity index (χ3n) is 2.26. The Morgan fingerprint density at radius 2 is 2.33 bits per heavy atom. The molecule has 0 bridgehead atoms. The second-order valence-corrected chi connectivity index (χ2v) is 3.44. The summed E-state index contributed by atoms with van der Waals surface area (Å²) in [5, 5.41) is 15.6. The smallest absolute Gasteiger partial charge is 0.171 e. The SMILES string of the molecule is CCOc1cnn(-c2ccc(/C(N)=N/O)cn2)c1. The van der Waals surface area contributed by atoms with Crippen LogP contribution in [-0.2, 0) is 0 Å². The second kappa shape index (κ2) is 5.17. The molecule has 0 radical (unpaired) electrons. The van der Waals surface area contributed by atoms with Crippen LogP contribution in [0.25, 0.3) is 5.82 Å². The lowest BCUT2D eigenvalue weighted by atomic mass is 10.2. The molecule has 0 atom stereocenters. The third kappa shape index (κ3) is 2.40. The Bertz CT molecular complexity index is 547. The number of hydrogen-bond donors (Lipinski definition) is 2. The minimum Gasteiger partial charge on any atom is -0.491 e. The maximum absolute atomic E-state index is 8.54. The van der Waals surface area contributed by atoms with Crippen molar-refractivity contribution >= 4 is 5.84 Å². The van der Waals surface area contributed by atoms with E-state index in [-0.39, 0.29) is 5.84 Å². The molecule has 7 heteroatoms. The molecule has 0 saturated heterocycles. The largest absolute Gasteiger partial charge is 0.491 e. The van der Waals surface area contributed by atoms with Gasteiger partial charge < -0.3 is 15.7 Å². The van der Waals surface area contributed by atoms with Gasteiger partial charge in [0.15, 0.2) is 17.4 Å². The highest BCUT2D eigenvalue weighted by atomic mass is 16.5. The predicted molar refractivity (Wildman–Crippen MR) is 65.0 cm³/mol. The lowest BCUT2D eigenvalue weighted by molar-refractivity contribution is 0.318. The minimum absolute atomic E-state index is 0.0181. The van der Waals surface area contributed by atoms with Crippen LogP contribution in [0.4, 0.5) is 0 Å². The molecule has 0 aromatic carbocycles. The van der Waals surface area contributed by atoms with Crippen LogP contribution in [-0.4, -0.2) is 32.4 Å². The molecule has 2 aromatic heterocycles. The molecule has 2 rings (SSSR count). The first-order chi connectivity index (χ1) is 8.74. The molecule has 2 heterocycles. The Morgan fingerprint density at radius 1 is 1.50 bits per heavy atom. The molecule has 0 aliphatic heterocycles. The lowest BCUT2D eigenvalue weighted by Gasteiger charge is -2.02. The second-order valence-electron chi connectivity index (χ2n) is 3.44. The van der Waals surface area contributed by atoms with Crippen molar-refractivity contribution in [3.63, 3.8) is 0 Å². The Balaban J connectivity index is 2.23. The van der Waals surface area contributed by atoms with E-state index >= 15 is 0 Å². The highest BCUT2D eigenvalue weighted by Gasteiger charge is 2.04. The summed E-state index contributed by atoms with van der Waals surface area (Å²) in [7, 11) is 0. The van der Waals surface area contributed by atoms with E-state index in [1.165, 1.54) is 6.20 Å². The summed E-state index contributed by atoms with van der Waals surface area (Å²) in [6.07, 6.45) is 4.85. The Labute approximate surface area is 104 Å². The summed E-state index contributed by atoms with van der Waals surface area (Å²) in [6, 6.07) is 3.41. The van der Waals surface area contributed by atoms with E-state index in [4.69, 9.17) is 15.7 Å². The van der Waals surface area contributed by atoms with E-state index in [2.05, 4.69) is 15.2 Å². The fraction of sp³-hybridized carbons (Fsp3) is 0.182. The number of rotatable bonds is 4. The summed E-state index contributed by atoms with van der Waals surface area (Å²) in [4.78, 5) is 4.16. The van der Waals surface area contributed by atoms with Gasteiger partial charge in [-0.15, -0.1) is 0 Å². The maximum Gasteiger partial charge on any atom is 0.171 e. The molecule has 0 spiro atoms. The van der Waals surface area contributed by atoms with Gasteiger partial charge in [0.1, 0.15) is 0 Å². The fourth-order valence-corrected chi connectivity index (χ4v) is 1.40. The molecule has 0 aliphatic carbocycles. The van der Waals surface area contributed by atoms with Gasteiger partial charge in [-0.05, 0) is 19.1 Å². The van der Waals surface area contributed by atoms with Crippen LogP contribution >= 0.6 is 0 Å². The van der Waals surface area contributed by atoms with Crippen LogP contribution < -0.4 is 10.5 Å². The molecule has 94 valence electrons. The zero-order valence-electron chi connectivity index (χ0n) is 9.82. The van der Waals surface area contributed by atoms with Gasteiger partial charge >= 0.3 is 0 Å². The number of aromatic nitrogens is 3. The van der Waals surface area contributed by atoms with Crippen molar-refractivity contribution in [2.75, 3.05) is 6.61 Å². The predicted octanol–water partition coefficient (Wildman–Crippen LogP) is 0.760. The average Bonchev–Trinajstić information content (AvgIpc) is 2.87. The van der Waals surface area contributed by atoms with E-state index in [1.807, 2.05) is 6.92 Å². The van der Waals surface area contributed by atoms with Gasteiger partial charge in [-0.3, -0.25) is 0 Å². The van der Waals surface area contributed by atoms with Crippen LogP contribution in [0.5, 0.6) is 5.75 Å². The maximum atomic E-state index is 8.54. The summed E-state index contributed by atoms with van der Waals surface area (Å²) in [5.74, 6) is 1.32.